The van der Waals surface area contributed by atoms with Crippen LogP contribution in [0.3, 0.4) is 0 Å². The van der Waals surface area contributed by atoms with Crippen LogP contribution >= 0.6 is 0 Å². The van der Waals surface area contributed by atoms with E-state index in [0.29, 0.717) is 5.56 Å². The number of nitrogens with zero attached hydrogens (tertiary/aromatic N) is 2. The monoisotopic (exact) mass is 648 g/mol. The highest BCUT2D eigenvalue weighted by molar-refractivity contribution is 5.97. The Morgan fingerprint density at radius 2 is 0.940 bits per heavy atom. The molecule has 0 fully saturated rings. The quantitative estimate of drug-likeness (QED) is 0.182. The van der Waals surface area contributed by atoms with Crippen molar-refractivity contribution in [2.75, 3.05) is 0 Å². The molecule has 8 rings (SSSR count). The molecule has 1 N–H and O–H groups in total. The summed E-state index contributed by atoms with van der Waals surface area (Å²) < 4.78 is 0. The van der Waals surface area contributed by atoms with E-state index >= 15 is 0 Å². The number of carbonyl (C=O) groups is 1. The molecule has 50 heavy (non-hydrogen) atoms. The molecule has 0 aliphatic heterocycles. The summed E-state index contributed by atoms with van der Waals surface area (Å²) in [7, 11) is 0. The minimum Gasteiger partial charge on any atom is -0.392 e. The molecule has 4 nitrogen and oxygen atoms in total. The summed E-state index contributed by atoms with van der Waals surface area (Å²) in [5.41, 5.74) is 13.7. The Labute approximate surface area is 292 Å². The molecule has 0 unspecified atom stereocenters. The van der Waals surface area contributed by atoms with Crippen LogP contribution in [-0.4, -0.2) is 21.4 Å². The van der Waals surface area contributed by atoms with Gasteiger partial charge in [0.25, 0.3) is 0 Å². The van der Waals surface area contributed by atoms with Gasteiger partial charge in [0.15, 0.2) is 6.29 Å². The third-order valence-electron chi connectivity index (χ3n) is 9.03. The lowest BCUT2D eigenvalue weighted by Gasteiger charge is -2.14. The topological polar surface area (TPSA) is 63.1 Å². The van der Waals surface area contributed by atoms with E-state index < -0.39 is 0 Å². The number of benzene rings is 6. The summed E-state index contributed by atoms with van der Waals surface area (Å²) in [5.74, 6) is 0. The highest BCUT2D eigenvalue weighted by Crippen LogP contribution is 2.36. The number of pyridine rings is 2. The van der Waals surface area contributed by atoms with E-state index in [1.165, 1.54) is 0 Å². The SMILES string of the molecule is Cc1cccc2cc(C=O)c(-c3ccccc3-c3ccccc3)nc12.Cc1cccc2cc(CO)c(-c3ccccc3-c3ccccc3)nc12. The van der Waals surface area contributed by atoms with Crippen molar-refractivity contribution in [3.63, 3.8) is 0 Å². The van der Waals surface area contributed by atoms with Gasteiger partial charge in [0, 0.05) is 33.0 Å². The van der Waals surface area contributed by atoms with Crippen molar-refractivity contribution in [3.8, 4) is 44.8 Å². The molecule has 4 heteroatoms. The number of hydrogen-bond acceptors (Lipinski definition) is 4. The Morgan fingerprint density at radius 1 is 0.500 bits per heavy atom. The van der Waals surface area contributed by atoms with E-state index in [-0.39, 0.29) is 6.61 Å². The van der Waals surface area contributed by atoms with Crippen molar-refractivity contribution in [3.05, 3.63) is 180 Å². The first-order valence-corrected chi connectivity index (χ1v) is 16.7. The van der Waals surface area contributed by atoms with Gasteiger partial charge in [-0.1, -0.05) is 146 Å². The number of aldehydes is 1. The van der Waals surface area contributed by atoms with Crippen LogP contribution in [0.5, 0.6) is 0 Å². The van der Waals surface area contributed by atoms with Gasteiger partial charge in [-0.15, -0.1) is 0 Å². The fraction of sp³-hybridized carbons (Fsp3) is 0.0652. The molecular formula is C46H36N2O2. The second kappa shape index (κ2) is 14.5. The van der Waals surface area contributed by atoms with E-state index in [9.17, 15) is 9.90 Å². The van der Waals surface area contributed by atoms with E-state index in [1.54, 1.807) is 0 Å². The lowest BCUT2D eigenvalue weighted by molar-refractivity contribution is 0.112. The molecule has 0 saturated carbocycles. The van der Waals surface area contributed by atoms with Gasteiger partial charge in [-0.2, -0.15) is 0 Å². The average Bonchev–Trinajstić information content (AvgIpc) is 3.18. The van der Waals surface area contributed by atoms with Crippen LogP contribution < -0.4 is 0 Å². The van der Waals surface area contributed by atoms with Crippen LogP contribution in [0, 0.1) is 13.8 Å². The van der Waals surface area contributed by atoms with Gasteiger partial charge < -0.3 is 5.11 Å². The van der Waals surface area contributed by atoms with Gasteiger partial charge in [0.05, 0.1) is 29.0 Å². The molecule has 2 aromatic heterocycles. The lowest BCUT2D eigenvalue weighted by Crippen LogP contribution is -1.97. The maximum atomic E-state index is 11.7. The predicted molar refractivity (Wildman–Crippen MR) is 206 cm³/mol. The van der Waals surface area contributed by atoms with E-state index in [1.807, 2.05) is 116 Å². The van der Waals surface area contributed by atoms with Crippen molar-refractivity contribution in [2.24, 2.45) is 0 Å². The largest absolute Gasteiger partial charge is 0.392 e. The van der Waals surface area contributed by atoms with Crippen LogP contribution in [0.25, 0.3) is 66.6 Å². The van der Waals surface area contributed by atoms with Crippen molar-refractivity contribution in [1.82, 2.24) is 9.97 Å². The number of aliphatic hydroxyl groups is 1. The zero-order valence-electron chi connectivity index (χ0n) is 28.0. The van der Waals surface area contributed by atoms with Crippen molar-refractivity contribution < 1.29 is 9.90 Å². The number of rotatable bonds is 6. The molecule has 0 aliphatic carbocycles. The summed E-state index contributed by atoms with van der Waals surface area (Å²) in [5, 5.41) is 12.0. The Hall–Kier alpha value is -6.23. The number of fused-ring (bicyclic) bond motifs is 2. The number of para-hydroxylation sites is 2. The van der Waals surface area contributed by atoms with Crippen LogP contribution in [0.15, 0.2) is 158 Å². The maximum absolute atomic E-state index is 11.7. The molecule has 0 amide bonds. The molecule has 8 aromatic rings. The first kappa shape index (κ1) is 32.3. The fourth-order valence-electron chi connectivity index (χ4n) is 6.53. The normalized spacial score (nSPS) is 10.9. The van der Waals surface area contributed by atoms with Gasteiger partial charge in [-0.3, -0.25) is 4.79 Å². The standard InChI is InChI=1S/C23H19NO.C23H17NO/c2*1-16-8-7-11-18-14-19(15-25)23(24-22(16)18)21-13-6-5-12-20(21)17-9-3-2-4-10-17/h2-14,25H,15H2,1H3;2-15H,1H3. The highest BCUT2D eigenvalue weighted by atomic mass is 16.3. The molecule has 6 aromatic carbocycles. The number of hydrogen-bond donors (Lipinski definition) is 1. The maximum Gasteiger partial charge on any atom is 0.152 e. The molecule has 2 heterocycles. The number of aliphatic hydroxyl groups excluding tert-OH is 1. The first-order chi connectivity index (χ1) is 24.6. The molecule has 0 spiro atoms. The van der Waals surface area contributed by atoms with Crippen molar-refractivity contribution in [2.45, 2.75) is 20.5 Å². The zero-order chi connectivity index (χ0) is 34.5. The third-order valence-corrected chi connectivity index (χ3v) is 9.03. The number of aromatic nitrogens is 2. The van der Waals surface area contributed by atoms with E-state index in [0.717, 1.165) is 89.6 Å². The van der Waals surface area contributed by atoms with Gasteiger partial charge in [0.1, 0.15) is 0 Å². The van der Waals surface area contributed by atoms with E-state index in [4.69, 9.17) is 9.97 Å². The minimum atomic E-state index is -0.0324. The Balaban J connectivity index is 0.000000157. The Kier molecular flexibility index (Phi) is 9.37. The molecule has 0 atom stereocenters. The Bertz CT molecular complexity index is 2450. The van der Waals surface area contributed by atoms with Crippen molar-refractivity contribution in [1.29, 1.82) is 0 Å². The van der Waals surface area contributed by atoms with Gasteiger partial charge in [-0.25, -0.2) is 9.97 Å². The zero-order valence-corrected chi connectivity index (χ0v) is 28.0. The third kappa shape index (κ3) is 6.45. The molecule has 0 aliphatic rings. The van der Waals surface area contributed by atoms with Crippen LogP contribution in [0.1, 0.15) is 27.0 Å². The van der Waals surface area contributed by atoms with Crippen LogP contribution in [0.2, 0.25) is 0 Å². The van der Waals surface area contributed by atoms with Gasteiger partial charge in [-0.05, 0) is 59.4 Å². The lowest BCUT2D eigenvalue weighted by atomic mass is 9.94. The molecule has 242 valence electrons. The van der Waals surface area contributed by atoms with Crippen molar-refractivity contribution >= 4 is 28.1 Å². The van der Waals surface area contributed by atoms with Gasteiger partial charge >= 0.3 is 0 Å². The van der Waals surface area contributed by atoms with Crippen LogP contribution in [0.4, 0.5) is 0 Å². The van der Waals surface area contributed by atoms with E-state index in [2.05, 4.69) is 55.5 Å². The smallest absolute Gasteiger partial charge is 0.152 e. The van der Waals surface area contributed by atoms with Crippen LogP contribution in [-0.2, 0) is 6.61 Å². The Morgan fingerprint density at radius 3 is 1.44 bits per heavy atom. The van der Waals surface area contributed by atoms with Gasteiger partial charge in [0.2, 0.25) is 0 Å². The summed E-state index contributed by atoms with van der Waals surface area (Å²) in [6, 6.07) is 53.0. The summed E-state index contributed by atoms with van der Waals surface area (Å²) in [6.07, 6.45) is 0.895. The fourth-order valence-corrected chi connectivity index (χ4v) is 6.53. The second-order valence-electron chi connectivity index (χ2n) is 12.3. The second-order valence-corrected chi connectivity index (χ2v) is 12.3. The summed E-state index contributed by atoms with van der Waals surface area (Å²) >= 11 is 0. The summed E-state index contributed by atoms with van der Waals surface area (Å²) in [6.45, 7) is 4.08. The highest BCUT2D eigenvalue weighted by Gasteiger charge is 2.16. The average molecular weight is 649 g/mol. The number of carbonyl (C=O) groups excluding carboxylic acids is 1. The summed E-state index contributed by atoms with van der Waals surface area (Å²) in [4.78, 5) is 21.5. The number of aryl methyl sites for hydroxylation is 2. The first-order valence-electron chi connectivity index (χ1n) is 16.7. The molecule has 0 saturated heterocycles. The molecule has 0 radical (unpaired) electrons. The molecule has 0 bridgehead atoms. The molecular weight excluding hydrogens is 613 g/mol. The predicted octanol–water partition coefficient (Wildman–Crippen LogP) is 11.1. The minimum absolute atomic E-state index is 0.0324.